The van der Waals surface area contributed by atoms with Crippen LogP contribution in [-0.4, -0.2) is 52.2 Å². The molecule has 0 aromatic rings. The van der Waals surface area contributed by atoms with Gasteiger partial charge in [0.1, 0.15) is 6.04 Å². The van der Waals surface area contributed by atoms with Gasteiger partial charge in [0.25, 0.3) is 5.91 Å². The van der Waals surface area contributed by atoms with Gasteiger partial charge in [0, 0.05) is 13.0 Å². The highest BCUT2D eigenvalue weighted by atomic mass is 16.6. The molecule has 0 spiro atoms. The molecule has 0 aromatic carbocycles. The first-order valence-electron chi connectivity index (χ1n) is 5.56. The van der Waals surface area contributed by atoms with Crippen LogP contribution in [0.3, 0.4) is 0 Å². The third kappa shape index (κ3) is 2.13. The zero-order chi connectivity index (χ0) is 13.3. The van der Waals surface area contributed by atoms with Crippen molar-refractivity contribution in [3.63, 3.8) is 0 Å². The molecule has 3 N–H and O–H groups in total. The van der Waals surface area contributed by atoms with E-state index >= 15 is 0 Å². The first kappa shape index (κ1) is 12.3. The number of carboxylic acids is 1. The summed E-state index contributed by atoms with van der Waals surface area (Å²) < 4.78 is 0. The Labute approximate surface area is 102 Å². The first-order valence-corrected chi connectivity index (χ1v) is 5.56. The van der Waals surface area contributed by atoms with E-state index in [0.717, 1.165) is 0 Å². The number of primary amides is 1. The van der Waals surface area contributed by atoms with Crippen LogP contribution in [0.1, 0.15) is 19.3 Å². The highest BCUT2D eigenvalue weighted by Gasteiger charge is 2.40. The smallest absolute Gasteiger partial charge is 0.353 e. The minimum atomic E-state index is -1.21. The van der Waals surface area contributed by atoms with Crippen LogP contribution in [0, 0.1) is 0 Å². The molecular weight excluding hydrogens is 242 g/mol. The number of carboxylic acid groups (broad SMARTS) is 1. The van der Waals surface area contributed by atoms with Gasteiger partial charge in [-0.25, -0.2) is 4.79 Å². The number of aliphatic carboxylic acids is 1. The van der Waals surface area contributed by atoms with Gasteiger partial charge < -0.3 is 20.6 Å². The maximum absolute atomic E-state index is 12.1. The molecule has 2 unspecified atom stereocenters. The number of likely N-dealkylation sites (tertiary alicyclic amines) is 1. The van der Waals surface area contributed by atoms with Gasteiger partial charge in [-0.15, -0.1) is 0 Å². The quantitative estimate of drug-likeness (QED) is 0.648. The normalized spacial score (nSPS) is 26.7. The maximum Gasteiger partial charge on any atom is 0.353 e. The molecule has 1 fully saturated rings. The third-order valence-electron chi connectivity index (χ3n) is 3.06. The van der Waals surface area contributed by atoms with Gasteiger partial charge in [0.15, 0.2) is 5.71 Å². The highest BCUT2D eigenvalue weighted by molar-refractivity contribution is 6.36. The fourth-order valence-corrected chi connectivity index (χ4v) is 2.15. The average molecular weight is 255 g/mol. The molecule has 0 aromatic heterocycles. The van der Waals surface area contributed by atoms with Crippen molar-refractivity contribution in [2.45, 2.75) is 31.4 Å². The number of hydrogen-bond acceptors (Lipinski definition) is 5. The molecule has 2 aliphatic rings. The Hall–Kier alpha value is -2.12. The SMILES string of the molecule is NC(=O)C1CCCN1C(=O)C1CC(C(=O)O)=NO1. The number of oxime groups is 1. The fraction of sp³-hybridized carbons (Fsp3) is 0.600. The molecule has 2 rings (SSSR count). The second-order valence-electron chi connectivity index (χ2n) is 4.23. The molecule has 2 amide bonds. The topological polar surface area (TPSA) is 122 Å². The van der Waals surface area contributed by atoms with Crippen molar-refractivity contribution in [2.24, 2.45) is 10.9 Å². The summed E-state index contributed by atoms with van der Waals surface area (Å²) in [5, 5.41) is 12.0. The zero-order valence-corrected chi connectivity index (χ0v) is 9.54. The van der Waals surface area contributed by atoms with E-state index in [1.54, 1.807) is 0 Å². The molecule has 98 valence electrons. The Morgan fingerprint density at radius 1 is 1.44 bits per heavy atom. The number of nitrogens with zero attached hydrogens (tertiary/aromatic N) is 2. The van der Waals surface area contributed by atoms with Crippen molar-refractivity contribution in [1.82, 2.24) is 4.90 Å². The molecule has 0 aliphatic carbocycles. The van der Waals surface area contributed by atoms with Crippen LogP contribution in [0.25, 0.3) is 0 Å². The Morgan fingerprint density at radius 3 is 2.72 bits per heavy atom. The number of nitrogens with two attached hydrogens (primary N) is 1. The number of rotatable bonds is 3. The lowest BCUT2D eigenvalue weighted by Gasteiger charge is -2.23. The molecule has 2 aliphatic heterocycles. The molecule has 8 nitrogen and oxygen atoms in total. The lowest BCUT2D eigenvalue weighted by Crippen LogP contribution is -2.47. The molecule has 0 saturated carbocycles. The fourth-order valence-electron chi connectivity index (χ4n) is 2.15. The molecule has 0 radical (unpaired) electrons. The van der Waals surface area contributed by atoms with Gasteiger partial charge in [-0.2, -0.15) is 0 Å². The van der Waals surface area contributed by atoms with Crippen LogP contribution in [0.15, 0.2) is 5.16 Å². The van der Waals surface area contributed by atoms with E-state index in [9.17, 15) is 14.4 Å². The summed E-state index contributed by atoms with van der Waals surface area (Å²) in [6.45, 7) is 0.425. The zero-order valence-electron chi connectivity index (χ0n) is 9.54. The van der Waals surface area contributed by atoms with Gasteiger partial charge in [-0.3, -0.25) is 9.59 Å². The lowest BCUT2D eigenvalue weighted by atomic mass is 10.1. The van der Waals surface area contributed by atoms with E-state index in [1.807, 2.05) is 0 Å². The highest BCUT2D eigenvalue weighted by Crippen LogP contribution is 2.21. The van der Waals surface area contributed by atoms with Gasteiger partial charge >= 0.3 is 5.97 Å². The summed E-state index contributed by atoms with van der Waals surface area (Å²) in [5.74, 6) is -2.20. The van der Waals surface area contributed by atoms with E-state index in [-0.39, 0.29) is 12.1 Å². The van der Waals surface area contributed by atoms with Crippen LogP contribution in [-0.2, 0) is 19.2 Å². The van der Waals surface area contributed by atoms with Crippen molar-refractivity contribution in [2.75, 3.05) is 6.54 Å². The van der Waals surface area contributed by atoms with Crippen molar-refractivity contribution in [1.29, 1.82) is 0 Å². The molecule has 18 heavy (non-hydrogen) atoms. The van der Waals surface area contributed by atoms with E-state index in [0.29, 0.717) is 19.4 Å². The average Bonchev–Trinajstić information content (AvgIpc) is 2.97. The number of carbonyl (C=O) groups excluding carboxylic acids is 2. The standard InChI is InChI=1S/C10H13N3O5/c11-8(14)6-2-1-3-13(6)9(15)7-4-5(10(16)17)12-18-7/h6-7H,1-4H2,(H2,11,14)(H,16,17). The number of hydrogen-bond donors (Lipinski definition) is 2. The molecule has 1 saturated heterocycles. The summed E-state index contributed by atoms with van der Waals surface area (Å²) in [6.07, 6.45) is 0.172. The first-order chi connectivity index (χ1) is 8.50. The predicted octanol–water partition coefficient (Wildman–Crippen LogP) is -1.31. The largest absolute Gasteiger partial charge is 0.477 e. The van der Waals surface area contributed by atoms with Crippen molar-refractivity contribution >= 4 is 23.5 Å². The number of amides is 2. The van der Waals surface area contributed by atoms with Crippen LogP contribution in [0.5, 0.6) is 0 Å². The van der Waals surface area contributed by atoms with E-state index in [2.05, 4.69) is 5.16 Å². The third-order valence-corrected chi connectivity index (χ3v) is 3.06. The van der Waals surface area contributed by atoms with Gasteiger partial charge in [0.2, 0.25) is 12.0 Å². The Balaban J connectivity index is 2.01. The Morgan fingerprint density at radius 2 is 2.17 bits per heavy atom. The van der Waals surface area contributed by atoms with E-state index in [4.69, 9.17) is 15.7 Å². The molecule has 2 atom stereocenters. The van der Waals surface area contributed by atoms with Crippen LogP contribution < -0.4 is 5.73 Å². The van der Waals surface area contributed by atoms with Crippen LogP contribution in [0.4, 0.5) is 0 Å². The Kier molecular flexibility index (Phi) is 3.17. The molecular formula is C10H13N3O5. The lowest BCUT2D eigenvalue weighted by molar-refractivity contribution is -0.146. The van der Waals surface area contributed by atoms with Gasteiger partial charge in [0.05, 0.1) is 0 Å². The summed E-state index contributed by atoms with van der Waals surface area (Å²) in [5.41, 5.74) is 5.01. The molecule has 2 heterocycles. The van der Waals surface area contributed by atoms with E-state index in [1.165, 1.54) is 4.90 Å². The summed E-state index contributed by atoms with van der Waals surface area (Å²) in [6, 6.07) is -0.630. The summed E-state index contributed by atoms with van der Waals surface area (Å²) >= 11 is 0. The minimum Gasteiger partial charge on any atom is -0.477 e. The van der Waals surface area contributed by atoms with E-state index < -0.39 is 29.9 Å². The summed E-state index contributed by atoms with van der Waals surface area (Å²) in [4.78, 5) is 40.0. The monoisotopic (exact) mass is 255 g/mol. The van der Waals surface area contributed by atoms with Crippen molar-refractivity contribution in [3.05, 3.63) is 0 Å². The van der Waals surface area contributed by atoms with Crippen LogP contribution >= 0.6 is 0 Å². The number of carbonyl (C=O) groups is 3. The van der Waals surface area contributed by atoms with Crippen molar-refractivity contribution < 1.29 is 24.3 Å². The minimum absolute atomic E-state index is 0.0872. The van der Waals surface area contributed by atoms with Crippen LogP contribution in [0.2, 0.25) is 0 Å². The second-order valence-corrected chi connectivity index (χ2v) is 4.23. The predicted molar refractivity (Wildman–Crippen MR) is 58.5 cm³/mol. The second kappa shape index (κ2) is 4.63. The van der Waals surface area contributed by atoms with Crippen molar-refractivity contribution in [3.8, 4) is 0 Å². The maximum atomic E-state index is 12.1. The molecule has 0 bridgehead atoms. The molecule has 8 heteroatoms. The summed E-state index contributed by atoms with van der Waals surface area (Å²) in [7, 11) is 0. The van der Waals surface area contributed by atoms with Gasteiger partial charge in [-0.1, -0.05) is 5.16 Å². The Bertz CT molecular complexity index is 433. The van der Waals surface area contributed by atoms with Gasteiger partial charge in [-0.05, 0) is 12.8 Å².